The lowest BCUT2D eigenvalue weighted by molar-refractivity contribution is -0.151. The number of aromatic nitrogens is 2. The summed E-state index contributed by atoms with van der Waals surface area (Å²) >= 11 is 0. The number of carbonyl (C=O) groups excluding carboxylic acids is 1. The van der Waals surface area contributed by atoms with E-state index in [0.29, 0.717) is 38.4 Å². The number of amides is 1. The SMILES string of the molecule is O=C(C1CC(O)C1)N1CCOC[C@H]1c1nccc(N2CCCCC2)n1. The minimum absolute atomic E-state index is 0.0686. The number of rotatable bonds is 3. The molecule has 3 aliphatic rings. The van der Waals surface area contributed by atoms with Crippen LogP contribution in [0, 0.1) is 5.92 Å². The third kappa shape index (κ3) is 3.48. The summed E-state index contributed by atoms with van der Waals surface area (Å²) in [6.45, 7) is 3.60. The van der Waals surface area contributed by atoms with Crippen LogP contribution >= 0.6 is 0 Å². The molecule has 1 aromatic heterocycles. The molecule has 1 saturated carbocycles. The van der Waals surface area contributed by atoms with Crippen molar-refractivity contribution < 1.29 is 14.6 Å². The average molecular weight is 346 g/mol. The van der Waals surface area contributed by atoms with Gasteiger partial charge in [0.05, 0.1) is 19.3 Å². The van der Waals surface area contributed by atoms with E-state index in [4.69, 9.17) is 9.72 Å². The van der Waals surface area contributed by atoms with E-state index < -0.39 is 0 Å². The second-order valence-corrected chi connectivity index (χ2v) is 7.27. The molecule has 7 heteroatoms. The highest BCUT2D eigenvalue weighted by Crippen LogP contribution is 2.33. The highest BCUT2D eigenvalue weighted by Gasteiger charge is 2.40. The Morgan fingerprint density at radius 2 is 2.00 bits per heavy atom. The third-order valence-corrected chi connectivity index (χ3v) is 5.51. The number of hydrogen-bond donors (Lipinski definition) is 1. The first-order chi connectivity index (χ1) is 12.2. The van der Waals surface area contributed by atoms with Crippen molar-refractivity contribution in [3.8, 4) is 0 Å². The van der Waals surface area contributed by atoms with Gasteiger partial charge < -0.3 is 19.6 Å². The number of carbonyl (C=O) groups is 1. The van der Waals surface area contributed by atoms with Crippen LogP contribution in [0.4, 0.5) is 5.82 Å². The van der Waals surface area contributed by atoms with Crippen LogP contribution in [-0.2, 0) is 9.53 Å². The minimum atomic E-state index is -0.327. The van der Waals surface area contributed by atoms with Gasteiger partial charge in [-0.1, -0.05) is 0 Å². The highest BCUT2D eigenvalue weighted by molar-refractivity contribution is 5.80. The summed E-state index contributed by atoms with van der Waals surface area (Å²) in [4.78, 5) is 26.2. The molecule has 25 heavy (non-hydrogen) atoms. The fourth-order valence-electron chi connectivity index (χ4n) is 3.93. The van der Waals surface area contributed by atoms with Gasteiger partial charge in [-0.25, -0.2) is 9.97 Å². The van der Waals surface area contributed by atoms with Crippen molar-refractivity contribution in [1.29, 1.82) is 0 Å². The first-order valence-electron chi connectivity index (χ1n) is 9.36. The minimum Gasteiger partial charge on any atom is -0.393 e. The van der Waals surface area contributed by atoms with E-state index in [1.165, 1.54) is 19.3 Å². The van der Waals surface area contributed by atoms with Crippen molar-refractivity contribution >= 4 is 11.7 Å². The number of aliphatic hydroxyl groups excluding tert-OH is 1. The van der Waals surface area contributed by atoms with Gasteiger partial charge in [0.15, 0.2) is 5.82 Å². The van der Waals surface area contributed by atoms with Crippen molar-refractivity contribution in [2.75, 3.05) is 37.7 Å². The normalized spacial score (nSPS) is 30.0. The Balaban J connectivity index is 1.52. The van der Waals surface area contributed by atoms with Gasteiger partial charge in [0.2, 0.25) is 5.91 Å². The number of piperidine rings is 1. The van der Waals surface area contributed by atoms with Crippen LogP contribution in [-0.4, -0.2) is 64.8 Å². The van der Waals surface area contributed by atoms with Gasteiger partial charge in [-0.05, 0) is 38.2 Å². The lowest BCUT2D eigenvalue weighted by atomic mass is 9.81. The lowest BCUT2D eigenvalue weighted by Crippen LogP contribution is -2.50. The maximum Gasteiger partial charge on any atom is 0.226 e. The molecule has 3 heterocycles. The molecule has 0 radical (unpaired) electrons. The second kappa shape index (κ2) is 7.25. The summed E-state index contributed by atoms with van der Waals surface area (Å²) in [6.07, 6.45) is 6.26. The predicted molar refractivity (Wildman–Crippen MR) is 92.1 cm³/mol. The van der Waals surface area contributed by atoms with Crippen LogP contribution < -0.4 is 4.90 Å². The predicted octanol–water partition coefficient (Wildman–Crippen LogP) is 1.14. The molecule has 4 rings (SSSR count). The molecule has 1 amide bonds. The van der Waals surface area contributed by atoms with E-state index in [-0.39, 0.29) is 24.0 Å². The summed E-state index contributed by atoms with van der Waals surface area (Å²) in [6, 6.07) is 1.72. The van der Waals surface area contributed by atoms with Crippen molar-refractivity contribution in [1.82, 2.24) is 14.9 Å². The van der Waals surface area contributed by atoms with E-state index in [2.05, 4.69) is 9.88 Å². The standard InChI is InChI=1S/C18H26N4O3/c23-14-10-13(11-14)18(24)22-8-9-25-12-15(22)17-19-5-4-16(20-17)21-6-2-1-3-7-21/h4-5,13-15,23H,1-3,6-12H2/t13?,14?,15-/m0/s1. The second-order valence-electron chi connectivity index (χ2n) is 7.27. The summed E-state index contributed by atoms with van der Waals surface area (Å²) in [5, 5.41) is 9.50. The van der Waals surface area contributed by atoms with E-state index in [0.717, 1.165) is 18.9 Å². The summed E-state index contributed by atoms with van der Waals surface area (Å²) < 4.78 is 5.62. The highest BCUT2D eigenvalue weighted by atomic mass is 16.5. The molecule has 0 aromatic carbocycles. The van der Waals surface area contributed by atoms with Crippen LogP contribution in [0.2, 0.25) is 0 Å². The fourth-order valence-corrected chi connectivity index (χ4v) is 3.93. The average Bonchev–Trinajstić information content (AvgIpc) is 2.66. The molecule has 1 N–H and O–H groups in total. The Hall–Kier alpha value is -1.73. The van der Waals surface area contributed by atoms with Gasteiger partial charge in [-0.2, -0.15) is 0 Å². The molecule has 3 fully saturated rings. The fraction of sp³-hybridized carbons (Fsp3) is 0.722. The van der Waals surface area contributed by atoms with Gasteiger partial charge in [0.25, 0.3) is 0 Å². The summed E-state index contributed by atoms with van der Waals surface area (Å²) in [5.74, 6) is 1.64. The van der Waals surface area contributed by atoms with Crippen LogP contribution in [0.3, 0.4) is 0 Å². The van der Waals surface area contributed by atoms with Gasteiger partial charge in [-0.15, -0.1) is 0 Å². The number of ether oxygens (including phenoxy) is 1. The van der Waals surface area contributed by atoms with Gasteiger partial charge in [0, 0.05) is 31.7 Å². The van der Waals surface area contributed by atoms with Crippen molar-refractivity contribution in [2.45, 2.75) is 44.2 Å². The molecule has 1 aliphatic carbocycles. The number of morpholine rings is 1. The Morgan fingerprint density at radius 1 is 1.20 bits per heavy atom. The summed E-state index contributed by atoms with van der Waals surface area (Å²) in [5.41, 5.74) is 0. The quantitative estimate of drug-likeness (QED) is 0.884. The van der Waals surface area contributed by atoms with Crippen LogP contribution in [0.1, 0.15) is 44.0 Å². The number of hydrogen-bond acceptors (Lipinski definition) is 6. The molecular formula is C18H26N4O3. The number of nitrogens with zero attached hydrogens (tertiary/aromatic N) is 4. The van der Waals surface area contributed by atoms with E-state index >= 15 is 0 Å². The number of anilines is 1. The zero-order valence-corrected chi connectivity index (χ0v) is 14.5. The number of aliphatic hydroxyl groups is 1. The molecule has 0 spiro atoms. The Kier molecular flexibility index (Phi) is 4.85. The van der Waals surface area contributed by atoms with Gasteiger partial charge in [0.1, 0.15) is 11.9 Å². The summed E-state index contributed by atoms with van der Waals surface area (Å²) in [7, 11) is 0. The maximum absolute atomic E-state index is 12.8. The zero-order chi connectivity index (χ0) is 17.2. The molecule has 0 bridgehead atoms. The molecule has 2 aliphatic heterocycles. The molecule has 0 unspecified atom stereocenters. The van der Waals surface area contributed by atoms with Crippen LogP contribution in [0.25, 0.3) is 0 Å². The van der Waals surface area contributed by atoms with Crippen molar-refractivity contribution in [2.24, 2.45) is 5.92 Å². The van der Waals surface area contributed by atoms with Crippen LogP contribution in [0.15, 0.2) is 12.3 Å². The molecule has 136 valence electrons. The van der Waals surface area contributed by atoms with E-state index in [1.54, 1.807) is 6.20 Å². The van der Waals surface area contributed by atoms with Crippen molar-refractivity contribution in [3.63, 3.8) is 0 Å². The molecule has 1 aromatic rings. The molecule has 2 saturated heterocycles. The molecule has 7 nitrogen and oxygen atoms in total. The topological polar surface area (TPSA) is 78.8 Å². The van der Waals surface area contributed by atoms with E-state index in [1.807, 2.05) is 11.0 Å². The van der Waals surface area contributed by atoms with E-state index in [9.17, 15) is 9.90 Å². The monoisotopic (exact) mass is 346 g/mol. The Labute approximate surface area is 148 Å². The zero-order valence-electron chi connectivity index (χ0n) is 14.5. The van der Waals surface area contributed by atoms with Gasteiger partial charge in [-0.3, -0.25) is 4.79 Å². The first-order valence-corrected chi connectivity index (χ1v) is 9.36. The molecule has 1 atom stereocenters. The Bertz CT molecular complexity index is 614. The molecular weight excluding hydrogens is 320 g/mol. The van der Waals surface area contributed by atoms with Crippen LogP contribution in [0.5, 0.6) is 0 Å². The Morgan fingerprint density at radius 3 is 2.76 bits per heavy atom. The maximum atomic E-state index is 12.8. The lowest BCUT2D eigenvalue weighted by Gasteiger charge is -2.40. The smallest absolute Gasteiger partial charge is 0.226 e. The largest absolute Gasteiger partial charge is 0.393 e. The van der Waals surface area contributed by atoms with Crippen molar-refractivity contribution in [3.05, 3.63) is 18.1 Å². The first kappa shape index (κ1) is 16.7. The van der Waals surface area contributed by atoms with Gasteiger partial charge >= 0.3 is 0 Å². The third-order valence-electron chi connectivity index (χ3n) is 5.51.